The normalized spacial score (nSPS) is 29.6. The zero-order valence-electron chi connectivity index (χ0n) is 18.5. The number of hydrogen-bond acceptors (Lipinski definition) is 4. The third-order valence-corrected chi connectivity index (χ3v) is 8.05. The largest absolute Gasteiger partial charge is 0.508 e. The van der Waals surface area contributed by atoms with E-state index in [0.717, 1.165) is 59.4 Å². The van der Waals surface area contributed by atoms with Crippen molar-refractivity contribution >= 4 is 10.8 Å². The maximum absolute atomic E-state index is 11.1. The number of nitrogens with two attached hydrogens (primary N) is 2. The van der Waals surface area contributed by atoms with Gasteiger partial charge in [-0.1, -0.05) is 51.7 Å². The molecule has 2 fully saturated rings. The molecule has 4 heteroatoms. The minimum absolute atomic E-state index is 0.160. The molecule has 0 aromatic heterocycles. The van der Waals surface area contributed by atoms with Gasteiger partial charge in [-0.2, -0.15) is 0 Å². The lowest BCUT2D eigenvalue weighted by atomic mass is 9.76. The summed E-state index contributed by atoms with van der Waals surface area (Å²) >= 11 is 0. The third-order valence-electron chi connectivity index (χ3n) is 8.05. The maximum Gasteiger partial charge on any atom is 0.128 e. The molecule has 2 atom stereocenters. The van der Waals surface area contributed by atoms with Crippen LogP contribution in [-0.4, -0.2) is 10.2 Å². The highest BCUT2D eigenvalue weighted by atomic mass is 16.3. The van der Waals surface area contributed by atoms with E-state index < -0.39 is 0 Å². The summed E-state index contributed by atoms with van der Waals surface area (Å²) in [6.07, 6.45) is 9.21. The monoisotopic (exact) mass is 410 g/mol. The Bertz CT molecular complexity index is 880. The van der Waals surface area contributed by atoms with Crippen LogP contribution in [0.3, 0.4) is 0 Å². The van der Waals surface area contributed by atoms with Crippen molar-refractivity contribution in [2.75, 3.05) is 0 Å². The lowest BCUT2D eigenvalue weighted by molar-refractivity contribution is 0.253. The van der Waals surface area contributed by atoms with Gasteiger partial charge in [-0.15, -0.1) is 0 Å². The van der Waals surface area contributed by atoms with Crippen LogP contribution >= 0.6 is 0 Å². The van der Waals surface area contributed by atoms with Gasteiger partial charge in [0, 0.05) is 28.6 Å². The molecule has 4 nitrogen and oxygen atoms in total. The summed E-state index contributed by atoms with van der Waals surface area (Å²) in [7, 11) is 0. The van der Waals surface area contributed by atoms with Gasteiger partial charge in [0.25, 0.3) is 0 Å². The zero-order valence-corrected chi connectivity index (χ0v) is 18.5. The summed E-state index contributed by atoms with van der Waals surface area (Å²) < 4.78 is 0. The highest BCUT2D eigenvalue weighted by Gasteiger charge is 2.30. The van der Waals surface area contributed by atoms with Crippen molar-refractivity contribution in [3.63, 3.8) is 0 Å². The average Bonchev–Trinajstić information content (AvgIpc) is 2.74. The molecule has 164 valence electrons. The van der Waals surface area contributed by atoms with Crippen LogP contribution in [0, 0.1) is 23.7 Å². The highest BCUT2D eigenvalue weighted by Crippen LogP contribution is 2.45. The average molecular weight is 411 g/mol. The first-order chi connectivity index (χ1) is 14.4. The van der Waals surface area contributed by atoms with Crippen LogP contribution < -0.4 is 11.5 Å². The van der Waals surface area contributed by atoms with E-state index in [1.54, 1.807) is 12.1 Å². The third kappa shape index (κ3) is 4.04. The van der Waals surface area contributed by atoms with Crippen LogP contribution in [0.5, 0.6) is 11.5 Å². The molecule has 0 heterocycles. The SMILES string of the molecule is CC1CCC(C(N)c2ccc3c(C(N)C4CCC(C)CC4)c(O)ccc3c2O)CC1. The molecule has 2 aromatic rings. The predicted molar refractivity (Wildman–Crippen MR) is 123 cm³/mol. The molecule has 2 aliphatic rings. The Morgan fingerprint density at radius 3 is 1.77 bits per heavy atom. The molecule has 2 saturated carbocycles. The molecule has 2 aliphatic carbocycles. The summed E-state index contributed by atoms with van der Waals surface area (Å²) in [6.45, 7) is 4.60. The number of fused-ring (bicyclic) bond motifs is 1. The predicted octanol–water partition coefficient (Wildman–Crippen LogP) is 5.90. The number of benzene rings is 2. The molecule has 0 amide bonds. The van der Waals surface area contributed by atoms with E-state index in [1.165, 1.54) is 25.7 Å². The molecule has 0 bridgehead atoms. The van der Waals surface area contributed by atoms with Crippen LogP contribution in [0.1, 0.15) is 88.4 Å². The van der Waals surface area contributed by atoms with Crippen molar-refractivity contribution in [1.82, 2.24) is 0 Å². The fraction of sp³-hybridized carbons (Fsp3) is 0.615. The fourth-order valence-electron chi connectivity index (χ4n) is 5.82. The van der Waals surface area contributed by atoms with Gasteiger partial charge in [0.1, 0.15) is 11.5 Å². The molecule has 6 N–H and O–H groups in total. The number of rotatable bonds is 4. The smallest absolute Gasteiger partial charge is 0.128 e. The first kappa shape index (κ1) is 21.5. The molecule has 0 radical (unpaired) electrons. The van der Waals surface area contributed by atoms with Crippen molar-refractivity contribution in [3.05, 3.63) is 35.4 Å². The van der Waals surface area contributed by atoms with E-state index in [9.17, 15) is 10.2 Å². The number of phenolic OH excluding ortho intramolecular Hbond substituents is 2. The lowest BCUT2D eigenvalue weighted by Crippen LogP contribution is -2.26. The van der Waals surface area contributed by atoms with Crippen molar-refractivity contribution in [2.45, 2.75) is 77.3 Å². The Hall–Kier alpha value is -1.78. The lowest BCUT2D eigenvalue weighted by Gasteiger charge is -2.32. The minimum atomic E-state index is -0.222. The molecule has 0 aliphatic heterocycles. The number of hydrogen-bond donors (Lipinski definition) is 4. The summed E-state index contributed by atoms with van der Waals surface area (Å²) in [6, 6.07) is 7.07. The summed E-state index contributed by atoms with van der Waals surface area (Å²) in [5, 5.41) is 23.4. The second kappa shape index (κ2) is 8.76. The van der Waals surface area contributed by atoms with Crippen molar-refractivity contribution in [3.8, 4) is 11.5 Å². The van der Waals surface area contributed by atoms with Crippen molar-refractivity contribution in [1.29, 1.82) is 0 Å². The second-order valence-corrected chi connectivity index (χ2v) is 10.2. The minimum Gasteiger partial charge on any atom is -0.508 e. The Labute approximate surface area is 180 Å². The van der Waals surface area contributed by atoms with Crippen LogP contribution in [0.2, 0.25) is 0 Å². The molecule has 2 unspecified atom stereocenters. The maximum atomic E-state index is 11.1. The first-order valence-electron chi connectivity index (χ1n) is 11.8. The fourth-order valence-corrected chi connectivity index (χ4v) is 5.82. The molecule has 30 heavy (non-hydrogen) atoms. The van der Waals surface area contributed by atoms with E-state index in [0.29, 0.717) is 11.8 Å². The van der Waals surface area contributed by atoms with Crippen LogP contribution in [-0.2, 0) is 0 Å². The summed E-state index contributed by atoms with van der Waals surface area (Å²) in [5.41, 5.74) is 14.9. The van der Waals surface area contributed by atoms with Crippen LogP contribution in [0.25, 0.3) is 10.8 Å². The zero-order chi connectivity index (χ0) is 21.4. The Morgan fingerprint density at radius 1 is 0.700 bits per heavy atom. The Balaban J connectivity index is 1.67. The molecule has 2 aromatic carbocycles. The molecule has 4 rings (SSSR count). The highest BCUT2D eigenvalue weighted by molar-refractivity contribution is 5.94. The van der Waals surface area contributed by atoms with Gasteiger partial charge >= 0.3 is 0 Å². The van der Waals surface area contributed by atoms with E-state index in [4.69, 9.17) is 11.5 Å². The van der Waals surface area contributed by atoms with Crippen LogP contribution in [0.15, 0.2) is 24.3 Å². The van der Waals surface area contributed by atoms with E-state index in [1.807, 2.05) is 12.1 Å². The quantitative estimate of drug-likeness (QED) is 0.504. The second-order valence-electron chi connectivity index (χ2n) is 10.2. The van der Waals surface area contributed by atoms with Crippen molar-refractivity contribution in [2.24, 2.45) is 35.1 Å². The number of aromatic hydroxyl groups is 2. The molecular formula is C26H38N2O2. The standard InChI is InChI=1S/C26H38N2O2/c1-15-3-7-17(8-4-15)24(27)21-12-11-19-20(26(21)30)13-14-22(29)23(19)25(28)18-9-5-16(2)6-10-18/h11-18,24-25,29-30H,3-10,27-28H2,1-2H3. The van der Waals surface area contributed by atoms with Gasteiger partial charge in [-0.25, -0.2) is 0 Å². The van der Waals surface area contributed by atoms with Gasteiger partial charge in [-0.05, 0) is 66.9 Å². The summed E-state index contributed by atoms with van der Waals surface area (Å²) in [5.74, 6) is 2.79. The number of phenols is 2. The summed E-state index contributed by atoms with van der Waals surface area (Å²) in [4.78, 5) is 0. The molecule has 0 spiro atoms. The van der Waals surface area contributed by atoms with Gasteiger partial charge < -0.3 is 21.7 Å². The topological polar surface area (TPSA) is 92.5 Å². The van der Waals surface area contributed by atoms with Gasteiger partial charge in [0.2, 0.25) is 0 Å². The van der Waals surface area contributed by atoms with Gasteiger partial charge in [0.15, 0.2) is 0 Å². The molecular weight excluding hydrogens is 372 g/mol. The van der Waals surface area contributed by atoms with Gasteiger partial charge in [0.05, 0.1) is 0 Å². The van der Waals surface area contributed by atoms with E-state index >= 15 is 0 Å². The Kier molecular flexibility index (Phi) is 6.26. The molecule has 0 saturated heterocycles. The van der Waals surface area contributed by atoms with Gasteiger partial charge in [-0.3, -0.25) is 0 Å². The van der Waals surface area contributed by atoms with E-state index in [-0.39, 0.29) is 23.6 Å². The van der Waals surface area contributed by atoms with Crippen LogP contribution in [0.4, 0.5) is 0 Å². The Morgan fingerprint density at radius 2 is 1.20 bits per heavy atom. The van der Waals surface area contributed by atoms with Crippen molar-refractivity contribution < 1.29 is 10.2 Å². The first-order valence-corrected chi connectivity index (χ1v) is 11.8. The van der Waals surface area contributed by atoms with E-state index in [2.05, 4.69) is 13.8 Å².